The summed E-state index contributed by atoms with van der Waals surface area (Å²) in [7, 11) is 0. The molecular weight excluding hydrogens is 535 g/mol. The van der Waals surface area contributed by atoms with E-state index in [2.05, 4.69) is 4.74 Å². The van der Waals surface area contributed by atoms with Crippen LogP contribution in [0.25, 0.3) is 0 Å². The van der Waals surface area contributed by atoms with Crippen LogP contribution < -0.4 is 0 Å². The third-order valence-electron chi connectivity index (χ3n) is 3.99. The van der Waals surface area contributed by atoms with Gasteiger partial charge in [-0.3, -0.25) is 0 Å². The van der Waals surface area contributed by atoms with Gasteiger partial charge < -0.3 is 9.84 Å². The number of hydrogen-bond acceptors (Lipinski definition) is 2. The Kier molecular flexibility index (Phi) is 8.94. The second-order valence-electron chi connectivity index (χ2n) is 6.51. The lowest BCUT2D eigenvalue weighted by Gasteiger charge is -2.42. The number of aliphatic hydroxyl groups is 1. The zero-order chi connectivity index (χ0) is 27.8. The normalized spacial score (nSPS) is 16.2. The molecule has 0 bridgehead atoms. The smallest absolute Gasteiger partial charge is 0.460 e. The third-order valence-corrected chi connectivity index (χ3v) is 3.99. The molecule has 1 N–H and O–H groups in total. The Bertz CT molecular complexity index is 723. The van der Waals surface area contributed by atoms with Crippen molar-refractivity contribution in [2.75, 3.05) is 13.2 Å². The fourth-order valence-corrected chi connectivity index (χ4v) is 1.98. The number of alkyl halides is 17. The molecular formula is C15H13F17O2. The monoisotopic (exact) mass is 548 g/mol. The zero-order valence-corrected chi connectivity index (χ0v) is 16.2. The van der Waals surface area contributed by atoms with Gasteiger partial charge in [0, 0.05) is 6.61 Å². The molecule has 0 rings (SSSR count). The Labute approximate surface area is 178 Å². The van der Waals surface area contributed by atoms with Crippen LogP contribution in [0.3, 0.4) is 0 Å². The molecule has 0 aromatic carbocycles. The predicted octanol–water partition coefficient (Wildman–Crippen LogP) is 7.25. The molecule has 0 aromatic rings. The molecule has 0 spiro atoms. The van der Waals surface area contributed by atoms with Crippen molar-refractivity contribution >= 4 is 0 Å². The minimum absolute atomic E-state index is 0.0721. The molecule has 0 unspecified atom stereocenters. The van der Waals surface area contributed by atoms with Crippen molar-refractivity contribution in [2.45, 2.75) is 67.4 Å². The Morgan fingerprint density at radius 2 is 0.941 bits per heavy atom. The van der Waals surface area contributed by atoms with Crippen molar-refractivity contribution in [1.29, 1.82) is 0 Å². The van der Waals surface area contributed by atoms with Crippen LogP contribution in [0.5, 0.6) is 0 Å². The Morgan fingerprint density at radius 3 is 1.29 bits per heavy atom. The lowest BCUT2D eigenvalue weighted by molar-refractivity contribution is -0.460. The first kappa shape index (κ1) is 32.3. The summed E-state index contributed by atoms with van der Waals surface area (Å²) in [6, 6.07) is 0. The van der Waals surface area contributed by atoms with Crippen LogP contribution in [0.1, 0.15) is 19.8 Å². The van der Waals surface area contributed by atoms with Gasteiger partial charge in [0.05, 0.1) is 6.61 Å². The minimum atomic E-state index is -8.70. The highest BCUT2D eigenvalue weighted by Crippen LogP contribution is 2.64. The zero-order valence-electron chi connectivity index (χ0n) is 16.2. The largest absolute Gasteiger partial charge is 0.506 e. The average Bonchev–Trinajstić information content (AvgIpc) is 2.65. The third kappa shape index (κ3) is 4.72. The molecule has 0 aromatic heterocycles. The molecule has 0 atom stereocenters. The summed E-state index contributed by atoms with van der Waals surface area (Å²) >= 11 is 0. The van der Waals surface area contributed by atoms with E-state index in [1.54, 1.807) is 0 Å². The van der Waals surface area contributed by atoms with Gasteiger partial charge in [-0.2, -0.15) is 74.6 Å². The molecule has 0 aliphatic rings. The first-order valence-electron chi connectivity index (χ1n) is 8.42. The maximum Gasteiger partial charge on any atom is 0.460 e. The maximum atomic E-state index is 13.6. The van der Waals surface area contributed by atoms with Gasteiger partial charge in [-0.1, -0.05) is 6.92 Å². The molecule has 0 aliphatic heterocycles. The highest BCUT2D eigenvalue weighted by atomic mass is 19.4. The van der Waals surface area contributed by atoms with Crippen molar-refractivity contribution in [3.05, 3.63) is 11.8 Å². The molecule has 0 saturated carbocycles. The van der Waals surface area contributed by atoms with Crippen molar-refractivity contribution in [3.63, 3.8) is 0 Å². The number of allylic oxidation sites excluding steroid dienone is 1. The number of ether oxygens (including phenoxy) is 1. The molecule has 0 amide bonds. The van der Waals surface area contributed by atoms with Gasteiger partial charge in [-0.15, -0.1) is 0 Å². The van der Waals surface area contributed by atoms with E-state index in [1.807, 2.05) is 0 Å². The molecule has 0 radical (unpaired) electrons. The number of aliphatic hydroxyl groups excluding tert-OH is 1. The van der Waals surface area contributed by atoms with Gasteiger partial charge in [0.25, 0.3) is 0 Å². The second-order valence-corrected chi connectivity index (χ2v) is 6.51. The fraction of sp³-hybridized carbons (Fsp3) is 0.867. The molecule has 0 heterocycles. The minimum Gasteiger partial charge on any atom is -0.506 e. The van der Waals surface area contributed by atoms with Crippen LogP contribution in [0, 0.1) is 0 Å². The number of rotatable bonds is 12. The molecule has 2 nitrogen and oxygen atoms in total. The van der Waals surface area contributed by atoms with E-state index in [-0.39, 0.29) is 6.61 Å². The molecule has 0 fully saturated rings. The lowest BCUT2D eigenvalue weighted by atomic mass is 9.88. The van der Waals surface area contributed by atoms with E-state index in [0.29, 0.717) is 6.42 Å². The van der Waals surface area contributed by atoms with Crippen LogP contribution in [-0.4, -0.2) is 66.0 Å². The van der Waals surface area contributed by atoms with Crippen molar-refractivity contribution in [2.24, 2.45) is 0 Å². The SMILES string of the molecule is CCCOCCC=C(O)C(F)(F)C(F)(F)C(F)(F)C(F)(F)C(F)(F)C(F)(F)C(F)(F)C(F)(F)F. The molecule has 204 valence electrons. The van der Waals surface area contributed by atoms with Gasteiger partial charge in [0.2, 0.25) is 0 Å². The van der Waals surface area contributed by atoms with E-state index in [1.165, 1.54) is 6.92 Å². The van der Waals surface area contributed by atoms with Crippen LogP contribution in [-0.2, 0) is 4.74 Å². The van der Waals surface area contributed by atoms with Crippen molar-refractivity contribution < 1.29 is 84.5 Å². The van der Waals surface area contributed by atoms with Gasteiger partial charge in [0.15, 0.2) is 5.76 Å². The highest BCUT2D eigenvalue weighted by Gasteiger charge is 2.95. The maximum absolute atomic E-state index is 13.6. The number of halogens is 17. The first-order chi connectivity index (χ1) is 14.7. The number of hydrogen-bond donors (Lipinski definition) is 1. The Balaban J connectivity index is 6.47. The van der Waals surface area contributed by atoms with Crippen molar-refractivity contribution in [3.8, 4) is 0 Å². The lowest BCUT2D eigenvalue weighted by Crippen LogP contribution is -2.74. The fourth-order valence-electron chi connectivity index (χ4n) is 1.98. The van der Waals surface area contributed by atoms with Crippen molar-refractivity contribution in [1.82, 2.24) is 0 Å². The summed E-state index contributed by atoms with van der Waals surface area (Å²) in [5.41, 5.74) is 0. The van der Waals surface area contributed by atoms with Gasteiger partial charge in [-0.05, 0) is 18.9 Å². The summed E-state index contributed by atoms with van der Waals surface area (Å²) in [6.45, 7) is 0.786. The average molecular weight is 548 g/mol. The van der Waals surface area contributed by atoms with Gasteiger partial charge >= 0.3 is 47.6 Å². The quantitative estimate of drug-likeness (QED) is 0.158. The Hall–Kier alpha value is -1.69. The second kappa shape index (κ2) is 9.40. The van der Waals surface area contributed by atoms with Crippen LogP contribution in [0.15, 0.2) is 11.8 Å². The summed E-state index contributed by atoms with van der Waals surface area (Å²) in [5.74, 6) is -60.6. The Morgan fingerprint density at radius 1 is 0.588 bits per heavy atom. The van der Waals surface area contributed by atoms with Gasteiger partial charge in [-0.25, -0.2) is 0 Å². The summed E-state index contributed by atoms with van der Waals surface area (Å²) in [5, 5.41) is 8.89. The van der Waals surface area contributed by atoms with E-state index >= 15 is 0 Å². The van der Waals surface area contributed by atoms with E-state index < -0.39 is 72.5 Å². The van der Waals surface area contributed by atoms with E-state index in [4.69, 9.17) is 5.11 Å². The molecule has 0 saturated heterocycles. The summed E-state index contributed by atoms with van der Waals surface area (Å²) in [4.78, 5) is 0. The highest BCUT2D eigenvalue weighted by molar-refractivity contribution is 5.20. The summed E-state index contributed by atoms with van der Waals surface area (Å²) in [6.07, 6.45) is -8.91. The van der Waals surface area contributed by atoms with Crippen LogP contribution in [0.2, 0.25) is 0 Å². The molecule has 0 aliphatic carbocycles. The summed E-state index contributed by atoms with van der Waals surface area (Å²) < 4.78 is 227. The van der Waals surface area contributed by atoms with Crippen LogP contribution >= 0.6 is 0 Å². The van der Waals surface area contributed by atoms with E-state index in [9.17, 15) is 74.6 Å². The van der Waals surface area contributed by atoms with Crippen LogP contribution in [0.4, 0.5) is 74.6 Å². The standard InChI is InChI=1S/C15H13F17O2/c1-2-5-34-6-3-4-7(33)8(16,17)9(18,19)10(20,21)11(22,23)12(24,25)13(26,27)14(28,29)15(30,31)32/h4,33H,2-3,5-6H2,1H3. The predicted molar refractivity (Wildman–Crippen MR) is 77.1 cm³/mol. The first-order valence-corrected chi connectivity index (χ1v) is 8.42. The van der Waals surface area contributed by atoms with Gasteiger partial charge in [0.1, 0.15) is 0 Å². The molecule has 19 heteroatoms. The van der Waals surface area contributed by atoms with E-state index in [0.717, 1.165) is 0 Å². The molecule has 34 heavy (non-hydrogen) atoms. The topological polar surface area (TPSA) is 29.5 Å².